The van der Waals surface area contributed by atoms with Gasteiger partial charge in [0, 0.05) is 30.0 Å². The molecule has 1 amide bonds. The number of rotatable bonds is 2. The highest BCUT2D eigenvalue weighted by molar-refractivity contribution is 6.03. The van der Waals surface area contributed by atoms with E-state index in [1.807, 2.05) is 18.2 Å². The summed E-state index contributed by atoms with van der Waals surface area (Å²) in [5, 5.41) is 5.29. The van der Waals surface area contributed by atoms with Crippen LogP contribution in [0.15, 0.2) is 78.0 Å². The third kappa shape index (κ3) is 3.17. The molecule has 2 unspecified atom stereocenters. The maximum absolute atomic E-state index is 13.3. The van der Waals surface area contributed by atoms with Crippen molar-refractivity contribution in [1.82, 2.24) is 5.32 Å². The van der Waals surface area contributed by atoms with E-state index in [0.717, 1.165) is 33.2 Å². The summed E-state index contributed by atoms with van der Waals surface area (Å²) in [4.78, 5) is 25.9. The van der Waals surface area contributed by atoms with E-state index in [4.69, 9.17) is 0 Å². The highest BCUT2D eigenvalue weighted by atomic mass is 16.2. The Morgan fingerprint density at radius 2 is 1.59 bits per heavy atom. The predicted octanol–water partition coefficient (Wildman–Crippen LogP) is 5.15. The van der Waals surface area contributed by atoms with Crippen molar-refractivity contribution in [3.8, 4) is 0 Å². The molecule has 0 bridgehead atoms. The number of aryl methyl sites for hydroxylation is 1. The Kier molecular flexibility index (Phi) is 4.31. The molecule has 3 heteroatoms. The van der Waals surface area contributed by atoms with E-state index in [1.165, 1.54) is 5.56 Å². The number of nitrogens with one attached hydrogen (secondary N) is 1. The molecule has 0 spiro atoms. The van der Waals surface area contributed by atoms with E-state index in [-0.39, 0.29) is 23.5 Å². The molecule has 2 aliphatic rings. The van der Waals surface area contributed by atoms with Crippen LogP contribution in [0.1, 0.15) is 47.8 Å². The molecular formula is C26H23NO2. The molecule has 29 heavy (non-hydrogen) atoms. The topological polar surface area (TPSA) is 46.2 Å². The number of hydrogen-bond donors (Lipinski definition) is 1. The highest BCUT2D eigenvalue weighted by Crippen LogP contribution is 2.44. The number of carbonyl (C=O) groups is 2. The number of amides is 1. The van der Waals surface area contributed by atoms with Crippen molar-refractivity contribution >= 4 is 22.5 Å². The summed E-state index contributed by atoms with van der Waals surface area (Å²) in [6.45, 7) is 2.06. The maximum atomic E-state index is 13.3. The third-order valence-corrected chi connectivity index (χ3v) is 6.28. The lowest BCUT2D eigenvalue weighted by Gasteiger charge is -2.35. The molecule has 0 radical (unpaired) electrons. The van der Waals surface area contributed by atoms with Gasteiger partial charge in [0.1, 0.15) is 0 Å². The summed E-state index contributed by atoms with van der Waals surface area (Å²) in [6, 6.07) is 22.7. The highest BCUT2D eigenvalue weighted by Gasteiger charge is 2.38. The summed E-state index contributed by atoms with van der Waals surface area (Å²) in [7, 11) is 0. The zero-order valence-corrected chi connectivity index (χ0v) is 16.4. The minimum atomic E-state index is -0.170. The van der Waals surface area contributed by atoms with Gasteiger partial charge in [-0.1, -0.05) is 72.3 Å². The summed E-state index contributed by atoms with van der Waals surface area (Å²) in [5.74, 6) is 0.110. The van der Waals surface area contributed by atoms with Crippen LogP contribution in [0.5, 0.6) is 0 Å². The molecule has 0 fully saturated rings. The van der Waals surface area contributed by atoms with E-state index < -0.39 is 0 Å². The molecule has 144 valence electrons. The van der Waals surface area contributed by atoms with Crippen LogP contribution >= 0.6 is 0 Å². The largest absolute Gasteiger partial charge is 0.329 e. The van der Waals surface area contributed by atoms with Gasteiger partial charge in [-0.3, -0.25) is 9.59 Å². The molecule has 1 heterocycles. The Bertz CT molecular complexity index is 1150. The zero-order chi connectivity index (χ0) is 20.0. The van der Waals surface area contributed by atoms with Gasteiger partial charge in [0.2, 0.25) is 5.91 Å². The van der Waals surface area contributed by atoms with E-state index in [9.17, 15) is 9.59 Å². The first-order valence-electron chi connectivity index (χ1n) is 10.2. The van der Waals surface area contributed by atoms with Crippen molar-refractivity contribution < 1.29 is 9.59 Å². The number of Topliss-reactive ketones (excluding diaryl/α,β-unsaturated/α-hetero) is 1. The van der Waals surface area contributed by atoms with Gasteiger partial charge in [0.15, 0.2) is 5.78 Å². The van der Waals surface area contributed by atoms with Crippen LogP contribution in [0.25, 0.3) is 10.8 Å². The quantitative estimate of drug-likeness (QED) is 0.667. The maximum Gasteiger partial charge on any atom is 0.225 e. The van der Waals surface area contributed by atoms with E-state index in [0.29, 0.717) is 19.3 Å². The Balaban J connectivity index is 1.58. The number of carbonyl (C=O) groups excluding carboxylic acids is 2. The van der Waals surface area contributed by atoms with E-state index in [2.05, 4.69) is 60.8 Å². The third-order valence-electron chi connectivity index (χ3n) is 6.28. The number of hydrogen-bond acceptors (Lipinski definition) is 2. The molecule has 3 aromatic rings. The van der Waals surface area contributed by atoms with Crippen LogP contribution in [-0.4, -0.2) is 11.7 Å². The van der Waals surface area contributed by atoms with Crippen molar-refractivity contribution in [3.63, 3.8) is 0 Å². The van der Waals surface area contributed by atoms with Crippen molar-refractivity contribution in [2.45, 2.75) is 38.0 Å². The first-order valence-corrected chi connectivity index (χ1v) is 10.2. The van der Waals surface area contributed by atoms with Gasteiger partial charge >= 0.3 is 0 Å². The number of allylic oxidation sites excluding steroid dienone is 2. The Morgan fingerprint density at radius 1 is 0.828 bits per heavy atom. The average Bonchev–Trinajstić information content (AvgIpc) is 2.73. The second-order valence-corrected chi connectivity index (χ2v) is 8.20. The van der Waals surface area contributed by atoms with E-state index in [1.54, 1.807) is 0 Å². The van der Waals surface area contributed by atoms with Crippen molar-refractivity contribution in [1.29, 1.82) is 0 Å². The minimum Gasteiger partial charge on any atom is -0.329 e. The summed E-state index contributed by atoms with van der Waals surface area (Å²) in [5.41, 5.74) is 5.08. The van der Waals surface area contributed by atoms with Crippen LogP contribution < -0.4 is 5.32 Å². The van der Waals surface area contributed by atoms with Crippen LogP contribution in [0, 0.1) is 6.92 Å². The second kappa shape index (κ2) is 7.00. The SMILES string of the molecule is Cc1ccc(C2CC(=O)C3=C(C2)NC(=O)CC3c2cccc3ccccc23)cc1. The molecule has 1 N–H and O–H groups in total. The van der Waals surface area contributed by atoms with Gasteiger partial charge < -0.3 is 5.32 Å². The Labute approximate surface area is 170 Å². The second-order valence-electron chi connectivity index (χ2n) is 8.20. The lowest BCUT2D eigenvalue weighted by atomic mass is 9.73. The fourth-order valence-electron chi connectivity index (χ4n) is 4.85. The standard InChI is InChI=1S/C26H23NO2/c1-16-9-11-17(12-10-16)19-13-23-26(24(28)14-19)22(15-25(29)27-23)21-8-4-6-18-5-2-3-7-20(18)21/h2-12,19,22H,13-15H2,1H3,(H,27,29). The number of fused-ring (bicyclic) bond motifs is 1. The molecule has 5 rings (SSSR count). The van der Waals surface area contributed by atoms with Crippen LogP contribution in [0.2, 0.25) is 0 Å². The molecule has 1 aliphatic heterocycles. The first-order chi connectivity index (χ1) is 14.1. The van der Waals surface area contributed by atoms with Crippen LogP contribution in [0.4, 0.5) is 0 Å². The van der Waals surface area contributed by atoms with Gasteiger partial charge in [-0.05, 0) is 41.2 Å². The lowest BCUT2D eigenvalue weighted by Crippen LogP contribution is -2.38. The molecule has 2 atom stereocenters. The smallest absolute Gasteiger partial charge is 0.225 e. The summed E-state index contributed by atoms with van der Waals surface area (Å²) >= 11 is 0. The summed E-state index contributed by atoms with van der Waals surface area (Å²) in [6.07, 6.45) is 1.53. The summed E-state index contributed by atoms with van der Waals surface area (Å²) < 4.78 is 0. The van der Waals surface area contributed by atoms with Gasteiger partial charge in [-0.2, -0.15) is 0 Å². The van der Waals surface area contributed by atoms with Crippen LogP contribution in [-0.2, 0) is 9.59 Å². The average molecular weight is 381 g/mol. The van der Waals surface area contributed by atoms with Crippen molar-refractivity contribution in [2.24, 2.45) is 0 Å². The van der Waals surface area contributed by atoms with Crippen molar-refractivity contribution in [3.05, 3.63) is 94.7 Å². The van der Waals surface area contributed by atoms with Crippen molar-refractivity contribution in [2.75, 3.05) is 0 Å². The Hall–Kier alpha value is -3.20. The van der Waals surface area contributed by atoms with Gasteiger partial charge in [0.25, 0.3) is 0 Å². The first kappa shape index (κ1) is 17.9. The molecule has 3 nitrogen and oxygen atoms in total. The Morgan fingerprint density at radius 3 is 2.41 bits per heavy atom. The molecule has 0 saturated heterocycles. The van der Waals surface area contributed by atoms with E-state index >= 15 is 0 Å². The monoisotopic (exact) mass is 381 g/mol. The molecule has 3 aromatic carbocycles. The predicted molar refractivity (Wildman–Crippen MR) is 115 cm³/mol. The minimum absolute atomic E-state index is 0.000889. The van der Waals surface area contributed by atoms with Gasteiger partial charge in [-0.25, -0.2) is 0 Å². The number of ketones is 1. The lowest BCUT2D eigenvalue weighted by molar-refractivity contribution is -0.122. The fraction of sp³-hybridized carbons (Fsp3) is 0.231. The molecule has 0 aromatic heterocycles. The fourth-order valence-corrected chi connectivity index (χ4v) is 4.85. The molecular weight excluding hydrogens is 358 g/mol. The van der Waals surface area contributed by atoms with Gasteiger partial charge in [-0.15, -0.1) is 0 Å². The van der Waals surface area contributed by atoms with Crippen LogP contribution in [0.3, 0.4) is 0 Å². The molecule has 1 aliphatic carbocycles. The zero-order valence-electron chi connectivity index (χ0n) is 16.4. The number of benzene rings is 3. The van der Waals surface area contributed by atoms with Gasteiger partial charge in [0.05, 0.1) is 0 Å². The normalized spacial score (nSPS) is 21.8. The molecule has 0 saturated carbocycles.